The third-order valence-electron chi connectivity index (χ3n) is 9.24. The van der Waals surface area contributed by atoms with Crippen molar-refractivity contribution in [3.8, 4) is 0 Å². The number of carbonyl (C=O) groups excluding carboxylic acids is 1. The first kappa shape index (κ1) is 24.9. The molecule has 2 aromatic rings. The van der Waals surface area contributed by atoms with E-state index in [1.54, 1.807) is 35.2 Å². The number of amides is 1. The van der Waals surface area contributed by atoms with Crippen molar-refractivity contribution >= 4 is 37.1 Å². The molecule has 0 unspecified atom stereocenters. The third-order valence-corrected chi connectivity index (χ3v) is 12.1. The van der Waals surface area contributed by atoms with Gasteiger partial charge >= 0.3 is 0 Å². The number of nitrogens with zero attached hydrogens (tertiary/aromatic N) is 1. The summed E-state index contributed by atoms with van der Waals surface area (Å²) in [6, 6.07) is 11.9. The summed E-state index contributed by atoms with van der Waals surface area (Å²) in [4.78, 5) is 15.9. The summed E-state index contributed by atoms with van der Waals surface area (Å²) in [5.74, 6) is -0.211. The molecule has 3 fully saturated rings. The largest absolute Gasteiger partial charge is 0.307 e. The molecule has 3 saturated carbocycles. The molecule has 0 saturated heterocycles. The van der Waals surface area contributed by atoms with Crippen LogP contribution in [0.15, 0.2) is 47.4 Å². The molecule has 1 amide bonds. The molecule has 1 heterocycles. The highest BCUT2D eigenvalue weighted by Crippen LogP contribution is 2.62. The van der Waals surface area contributed by atoms with Crippen molar-refractivity contribution in [2.75, 3.05) is 22.4 Å². The van der Waals surface area contributed by atoms with Crippen molar-refractivity contribution in [3.63, 3.8) is 0 Å². The molecule has 3 aliphatic carbocycles. The number of anilines is 2. The molecular formula is C28H36N2O5S2. The second kappa shape index (κ2) is 8.56. The molecule has 1 aliphatic heterocycles. The molecule has 7 nitrogen and oxygen atoms in total. The molecule has 0 bridgehead atoms. The van der Waals surface area contributed by atoms with Crippen molar-refractivity contribution in [3.05, 3.63) is 53.6 Å². The van der Waals surface area contributed by atoms with Crippen LogP contribution >= 0.6 is 0 Å². The quantitative estimate of drug-likeness (QED) is 0.553. The minimum absolute atomic E-state index is 0. The van der Waals surface area contributed by atoms with Crippen LogP contribution in [0.4, 0.5) is 11.4 Å². The van der Waals surface area contributed by atoms with Crippen LogP contribution in [-0.2, 0) is 25.3 Å². The molecule has 0 aromatic heterocycles. The normalized spacial score (nSPS) is 22.4. The van der Waals surface area contributed by atoms with Gasteiger partial charge in [-0.25, -0.2) is 16.8 Å². The highest BCUT2D eigenvalue weighted by molar-refractivity contribution is 7.92. The van der Waals surface area contributed by atoms with Gasteiger partial charge in [-0.2, -0.15) is 0 Å². The third kappa shape index (κ3) is 4.48. The van der Waals surface area contributed by atoms with E-state index in [0.29, 0.717) is 36.1 Å². The fraction of sp³-hybridized carbons (Fsp3) is 0.536. The van der Waals surface area contributed by atoms with Gasteiger partial charge in [0.05, 0.1) is 16.4 Å². The Morgan fingerprint density at radius 3 is 2.27 bits per heavy atom. The minimum atomic E-state index is -3.47. The molecule has 9 heteroatoms. The summed E-state index contributed by atoms with van der Waals surface area (Å²) >= 11 is 0. The predicted octanol–water partition coefficient (Wildman–Crippen LogP) is 5.27. The van der Waals surface area contributed by atoms with Crippen molar-refractivity contribution in [2.24, 2.45) is 5.41 Å². The summed E-state index contributed by atoms with van der Waals surface area (Å²) in [6.07, 6.45) is 11.0. The van der Waals surface area contributed by atoms with Gasteiger partial charge < -0.3 is 4.90 Å². The van der Waals surface area contributed by atoms with Gasteiger partial charge in [0.25, 0.3) is 5.91 Å². The topological polar surface area (TPSA) is 101 Å². The lowest BCUT2D eigenvalue weighted by Gasteiger charge is -2.38. The first-order chi connectivity index (χ1) is 17.5. The number of sulfonamides is 1. The number of fused-ring (bicyclic) bond motifs is 2. The van der Waals surface area contributed by atoms with E-state index in [4.69, 9.17) is 0 Å². The molecule has 6 rings (SSSR count). The van der Waals surface area contributed by atoms with Crippen LogP contribution in [0.2, 0.25) is 0 Å². The molecule has 1 N–H and O–H groups in total. The number of sulfone groups is 1. The highest BCUT2D eigenvalue weighted by Gasteiger charge is 2.53. The van der Waals surface area contributed by atoms with Crippen molar-refractivity contribution in [1.29, 1.82) is 0 Å². The van der Waals surface area contributed by atoms with Crippen LogP contribution in [0, 0.1) is 5.41 Å². The van der Waals surface area contributed by atoms with E-state index < -0.39 is 19.9 Å². The Bertz CT molecular complexity index is 1470. The summed E-state index contributed by atoms with van der Waals surface area (Å²) in [7, 11) is -6.90. The molecule has 37 heavy (non-hydrogen) atoms. The number of nitrogens with one attached hydrogen (secondary N) is 1. The van der Waals surface area contributed by atoms with E-state index in [2.05, 4.69) is 4.72 Å². The Kier molecular flexibility index (Phi) is 5.77. The highest BCUT2D eigenvalue weighted by atomic mass is 32.2. The standard InChI is InChI=1S/C28H34N2O5S2.H2/c1-36(32,33)29-21-9-10-25-24(18-21)28(15-13-27(11-12-27)14-16-28)19-30(25)26(31)20-5-4-8-23(17-20)37(34,35)22-6-2-3-7-22;/h4-5,8-10,17-18,22,29H,2-3,6-7,11-16,19H2,1H3;1H. The lowest BCUT2D eigenvalue weighted by Crippen LogP contribution is -2.40. The predicted molar refractivity (Wildman–Crippen MR) is 146 cm³/mol. The van der Waals surface area contributed by atoms with Gasteiger partial charge in [0.15, 0.2) is 9.84 Å². The number of carbonyl (C=O) groups is 1. The monoisotopic (exact) mass is 544 g/mol. The van der Waals surface area contributed by atoms with Gasteiger partial charge in [0.1, 0.15) is 0 Å². The number of rotatable bonds is 5. The maximum absolute atomic E-state index is 13.9. The van der Waals surface area contributed by atoms with Gasteiger partial charge in [-0.1, -0.05) is 18.9 Å². The molecule has 0 atom stereocenters. The molecule has 2 spiro atoms. The molecule has 200 valence electrons. The van der Waals surface area contributed by atoms with E-state index in [0.717, 1.165) is 56.0 Å². The van der Waals surface area contributed by atoms with E-state index in [1.807, 2.05) is 12.1 Å². The van der Waals surface area contributed by atoms with E-state index in [9.17, 15) is 21.6 Å². The first-order valence-corrected chi connectivity index (χ1v) is 16.7. The van der Waals surface area contributed by atoms with Crippen molar-refractivity contribution in [1.82, 2.24) is 0 Å². The van der Waals surface area contributed by atoms with Crippen LogP contribution in [0.25, 0.3) is 0 Å². The maximum atomic E-state index is 13.9. The molecule has 4 aliphatic rings. The molecule has 0 radical (unpaired) electrons. The zero-order chi connectivity index (χ0) is 26.1. The minimum Gasteiger partial charge on any atom is -0.307 e. The van der Waals surface area contributed by atoms with Crippen LogP contribution in [-0.4, -0.2) is 40.8 Å². The van der Waals surface area contributed by atoms with Crippen LogP contribution in [0.5, 0.6) is 0 Å². The van der Waals surface area contributed by atoms with Gasteiger partial charge in [0, 0.05) is 30.3 Å². The summed E-state index contributed by atoms with van der Waals surface area (Å²) in [6.45, 7) is 0.527. The van der Waals surface area contributed by atoms with Crippen molar-refractivity contribution < 1.29 is 23.1 Å². The lowest BCUT2D eigenvalue weighted by atomic mass is 9.66. The smallest absolute Gasteiger partial charge is 0.258 e. The SMILES string of the molecule is CS(=O)(=O)Nc1ccc2c(c1)C1(CCC3(CC3)CC1)CN2C(=O)c1cccc(S(=O)(=O)C2CCCC2)c1.[HH]. The fourth-order valence-electron chi connectivity index (χ4n) is 6.84. The average Bonchev–Trinajstić information content (AvgIpc) is 3.27. The van der Waals surface area contributed by atoms with E-state index in [-0.39, 0.29) is 22.9 Å². The Balaban J connectivity index is 0.00000294. The fourth-order valence-corrected chi connectivity index (χ4v) is 9.30. The van der Waals surface area contributed by atoms with E-state index in [1.165, 1.54) is 12.8 Å². The maximum Gasteiger partial charge on any atom is 0.258 e. The first-order valence-electron chi connectivity index (χ1n) is 13.3. The Labute approximate surface area is 221 Å². The van der Waals surface area contributed by atoms with Gasteiger partial charge in [0.2, 0.25) is 10.0 Å². The number of hydrogen-bond donors (Lipinski definition) is 1. The second-order valence-electron chi connectivity index (χ2n) is 11.8. The van der Waals surface area contributed by atoms with Crippen molar-refractivity contribution in [2.45, 2.75) is 79.8 Å². The molecule has 2 aromatic carbocycles. The second-order valence-corrected chi connectivity index (χ2v) is 15.7. The number of benzene rings is 2. The number of hydrogen-bond acceptors (Lipinski definition) is 5. The lowest BCUT2D eigenvalue weighted by molar-refractivity contribution is 0.0980. The van der Waals surface area contributed by atoms with Crippen LogP contribution in [0.3, 0.4) is 0 Å². The average molecular weight is 545 g/mol. The summed E-state index contributed by atoms with van der Waals surface area (Å²) in [5, 5.41) is -0.369. The zero-order valence-electron chi connectivity index (χ0n) is 21.2. The van der Waals surface area contributed by atoms with Gasteiger partial charge in [-0.3, -0.25) is 9.52 Å². The summed E-state index contributed by atoms with van der Waals surface area (Å²) in [5.41, 5.74) is 2.93. The van der Waals surface area contributed by atoms with Gasteiger partial charge in [-0.15, -0.1) is 0 Å². The Morgan fingerprint density at radius 1 is 0.946 bits per heavy atom. The zero-order valence-corrected chi connectivity index (χ0v) is 22.8. The van der Waals surface area contributed by atoms with Gasteiger partial charge in [-0.05, 0) is 98.7 Å². The molecular weight excluding hydrogens is 508 g/mol. The van der Waals surface area contributed by atoms with Crippen LogP contribution < -0.4 is 9.62 Å². The Morgan fingerprint density at radius 2 is 1.62 bits per heavy atom. The van der Waals surface area contributed by atoms with Crippen LogP contribution in [0.1, 0.15) is 81.6 Å². The summed E-state index contributed by atoms with van der Waals surface area (Å²) < 4.78 is 52.8. The Hall–Kier alpha value is -2.39. The van der Waals surface area contributed by atoms with E-state index >= 15 is 0 Å².